The lowest BCUT2D eigenvalue weighted by molar-refractivity contribution is 0.220. The summed E-state index contributed by atoms with van der Waals surface area (Å²) in [6, 6.07) is 7.97. The van der Waals surface area contributed by atoms with Crippen molar-refractivity contribution in [3.8, 4) is 5.75 Å². The molecule has 0 heterocycles. The van der Waals surface area contributed by atoms with Crippen LogP contribution in [0.15, 0.2) is 35.9 Å². The molecule has 0 bridgehead atoms. The maximum Gasteiger partial charge on any atom is 0.119 e. The van der Waals surface area contributed by atoms with E-state index in [1.807, 2.05) is 24.3 Å². The second-order valence-electron chi connectivity index (χ2n) is 5.85. The van der Waals surface area contributed by atoms with Gasteiger partial charge in [-0.05, 0) is 55.9 Å². The number of anilines is 1. The Kier molecular flexibility index (Phi) is 5.07. The molecule has 2 rings (SSSR count). The van der Waals surface area contributed by atoms with E-state index in [-0.39, 0.29) is 12.6 Å². The summed E-state index contributed by atoms with van der Waals surface area (Å²) in [7, 11) is 1.66. The summed E-state index contributed by atoms with van der Waals surface area (Å²) in [6.07, 6.45) is 4.54. The van der Waals surface area contributed by atoms with Gasteiger partial charge in [0.05, 0.1) is 19.8 Å². The molecule has 3 nitrogen and oxygen atoms in total. The summed E-state index contributed by atoms with van der Waals surface area (Å²) in [5.74, 6) is 1.93. The third-order valence-electron chi connectivity index (χ3n) is 4.04. The third-order valence-corrected chi connectivity index (χ3v) is 4.04. The molecule has 0 fully saturated rings. The molecule has 1 aliphatic carbocycles. The molecular formula is C17H25NO2. The van der Waals surface area contributed by atoms with Gasteiger partial charge in [-0.3, -0.25) is 0 Å². The molecule has 1 aromatic rings. The van der Waals surface area contributed by atoms with Crippen LogP contribution in [-0.2, 0) is 0 Å². The Morgan fingerprint density at radius 2 is 2.05 bits per heavy atom. The zero-order chi connectivity index (χ0) is 14.5. The summed E-state index contributed by atoms with van der Waals surface area (Å²) < 4.78 is 5.16. The largest absolute Gasteiger partial charge is 0.497 e. The van der Waals surface area contributed by atoms with Crippen LogP contribution < -0.4 is 10.1 Å². The SMILES string of the molecule is COc1ccc(NC(CO)C2CC(C)=CC(C)C2)cc1. The van der Waals surface area contributed by atoms with Crippen LogP contribution in [0.5, 0.6) is 5.75 Å². The number of allylic oxidation sites excluding steroid dienone is 2. The Labute approximate surface area is 121 Å². The summed E-state index contributed by atoms with van der Waals surface area (Å²) in [6.45, 7) is 4.60. The monoisotopic (exact) mass is 275 g/mol. The molecule has 0 spiro atoms. The average Bonchev–Trinajstić information content (AvgIpc) is 2.44. The van der Waals surface area contributed by atoms with E-state index < -0.39 is 0 Å². The lowest BCUT2D eigenvalue weighted by Crippen LogP contribution is -2.35. The zero-order valence-corrected chi connectivity index (χ0v) is 12.6. The molecule has 110 valence electrons. The van der Waals surface area contributed by atoms with Crippen molar-refractivity contribution in [2.75, 3.05) is 19.0 Å². The smallest absolute Gasteiger partial charge is 0.119 e. The van der Waals surface area contributed by atoms with Gasteiger partial charge in [0.15, 0.2) is 0 Å². The second kappa shape index (κ2) is 6.80. The van der Waals surface area contributed by atoms with Crippen molar-refractivity contribution in [1.29, 1.82) is 0 Å². The molecule has 0 aliphatic heterocycles. The lowest BCUT2D eigenvalue weighted by Gasteiger charge is -2.32. The maximum atomic E-state index is 9.71. The van der Waals surface area contributed by atoms with Gasteiger partial charge in [0, 0.05) is 5.69 Å². The number of benzene rings is 1. The van der Waals surface area contributed by atoms with Crippen LogP contribution in [0.3, 0.4) is 0 Å². The van der Waals surface area contributed by atoms with Crippen molar-refractivity contribution in [2.24, 2.45) is 11.8 Å². The van der Waals surface area contributed by atoms with Crippen LogP contribution in [0.1, 0.15) is 26.7 Å². The van der Waals surface area contributed by atoms with Gasteiger partial charge >= 0.3 is 0 Å². The molecule has 20 heavy (non-hydrogen) atoms. The molecule has 0 saturated carbocycles. The molecule has 1 aliphatic rings. The van der Waals surface area contributed by atoms with E-state index in [2.05, 4.69) is 25.2 Å². The molecule has 2 N–H and O–H groups in total. The van der Waals surface area contributed by atoms with Gasteiger partial charge in [-0.1, -0.05) is 18.6 Å². The van der Waals surface area contributed by atoms with Crippen LogP contribution in [0.25, 0.3) is 0 Å². The normalized spacial score (nSPS) is 23.9. The van der Waals surface area contributed by atoms with Gasteiger partial charge in [0.2, 0.25) is 0 Å². The summed E-state index contributed by atoms with van der Waals surface area (Å²) in [5, 5.41) is 13.2. The number of aliphatic hydroxyl groups excluding tert-OH is 1. The van der Waals surface area contributed by atoms with Crippen LogP contribution in [0.2, 0.25) is 0 Å². The zero-order valence-electron chi connectivity index (χ0n) is 12.6. The molecule has 3 atom stereocenters. The molecule has 0 aromatic heterocycles. The third kappa shape index (κ3) is 3.76. The topological polar surface area (TPSA) is 41.5 Å². The average molecular weight is 275 g/mol. The highest BCUT2D eigenvalue weighted by atomic mass is 16.5. The standard InChI is InChI=1S/C17H25NO2/c1-12-8-13(2)10-14(9-12)17(11-19)18-15-4-6-16(20-3)7-5-15/h4-8,12,14,17-19H,9-11H2,1-3H3. The van der Waals surface area contributed by atoms with E-state index in [1.165, 1.54) is 5.57 Å². The van der Waals surface area contributed by atoms with Crippen molar-refractivity contribution in [2.45, 2.75) is 32.7 Å². The van der Waals surface area contributed by atoms with Crippen LogP contribution in [0.4, 0.5) is 5.69 Å². The van der Waals surface area contributed by atoms with Crippen molar-refractivity contribution >= 4 is 5.69 Å². The quantitative estimate of drug-likeness (QED) is 0.809. The van der Waals surface area contributed by atoms with E-state index >= 15 is 0 Å². The van der Waals surface area contributed by atoms with Gasteiger partial charge in [0.1, 0.15) is 5.75 Å². The van der Waals surface area contributed by atoms with E-state index in [1.54, 1.807) is 7.11 Å². The van der Waals surface area contributed by atoms with Gasteiger partial charge in [-0.2, -0.15) is 0 Å². The van der Waals surface area contributed by atoms with Crippen LogP contribution in [-0.4, -0.2) is 24.9 Å². The number of ether oxygens (including phenoxy) is 1. The highest BCUT2D eigenvalue weighted by Crippen LogP contribution is 2.31. The predicted molar refractivity (Wildman–Crippen MR) is 83.1 cm³/mol. The predicted octanol–water partition coefficient (Wildman–Crippen LogP) is 3.46. The first-order valence-corrected chi connectivity index (χ1v) is 7.31. The van der Waals surface area contributed by atoms with Crippen molar-refractivity contribution in [3.05, 3.63) is 35.9 Å². The number of methoxy groups -OCH3 is 1. The number of rotatable bonds is 5. The Morgan fingerprint density at radius 1 is 1.35 bits per heavy atom. The molecular weight excluding hydrogens is 250 g/mol. The minimum Gasteiger partial charge on any atom is -0.497 e. The molecule has 0 saturated heterocycles. The summed E-state index contributed by atoms with van der Waals surface area (Å²) >= 11 is 0. The van der Waals surface area contributed by atoms with Gasteiger partial charge < -0.3 is 15.2 Å². The fourth-order valence-electron chi connectivity index (χ4n) is 3.12. The summed E-state index contributed by atoms with van der Waals surface area (Å²) in [5.41, 5.74) is 2.47. The Hall–Kier alpha value is -1.48. The molecule has 0 radical (unpaired) electrons. The van der Waals surface area contributed by atoms with Crippen LogP contribution in [0, 0.1) is 11.8 Å². The first-order valence-electron chi connectivity index (χ1n) is 7.31. The lowest BCUT2D eigenvalue weighted by atomic mass is 9.79. The molecule has 1 aromatic carbocycles. The first kappa shape index (κ1) is 14.9. The first-order chi connectivity index (χ1) is 9.62. The van der Waals surface area contributed by atoms with Gasteiger partial charge in [-0.15, -0.1) is 0 Å². The highest BCUT2D eigenvalue weighted by Gasteiger charge is 2.25. The van der Waals surface area contributed by atoms with E-state index in [0.29, 0.717) is 11.8 Å². The highest BCUT2D eigenvalue weighted by molar-refractivity contribution is 5.47. The van der Waals surface area contributed by atoms with Crippen molar-refractivity contribution in [3.63, 3.8) is 0 Å². The minimum atomic E-state index is 0.106. The molecule has 3 unspecified atom stereocenters. The Balaban J connectivity index is 2.03. The molecule has 3 heteroatoms. The van der Waals surface area contributed by atoms with E-state index in [0.717, 1.165) is 24.3 Å². The van der Waals surface area contributed by atoms with Crippen molar-refractivity contribution < 1.29 is 9.84 Å². The number of aliphatic hydroxyl groups is 1. The van der Waals surface area contributed by atoms with Gasteiger partial charge in [0.25, 0.3) is 0 Å². The molecule has 0 amide bonds. The number of hydrogen-bond acceptors (Lipinski definition) is 3. The van der Waals surface area contributed by atoms with Crippen LogP contribution >= 0.6 is 0 Å². The number of nitrogens with one attached hydrogen (secondary N) is 1. The fourth-order valence-corrected chi connectivity index (χ4v) is 3.12. The summed E-state index contributed by atoms with van der Waals surface area (Å²) in [4.78, 5) is 0. The Morgan fingerprint density at radius 3 is 2.60 bits per heavy atom. The second-order valence-corrected chi connectivity index (χ2v) is 5.85. The number of hydrogen-bond donors (Lipinski definition) is 2. The van der Waals surface area contributed by atoms with Gasteiger partial charge in [-0.25, -0.2) is 0 Å². The Bertz CT molecular complexity index is 453. The fraction of sp³-hybridized carbons (Fsp3) is 0.529. The van der Waals surface area contributed by atoms with Crippen molar-refractivity contribution in [1.82, 2.24) is 0 Å². The van der Waals surface area contributed by atoms with E-state index in [9.17, 15) is 5.11 Å². The maximum absolute atomic E-state index is 9.71. The minimum absolute atomic E-state index is 0.106. The van der Waals surface area contributed by atoms with E-state index in [4.69, 9.17) is 4.74 Å².